The zero-order valence-corrected chi connectivity index (χ0v) is 20.7. The van der Waals surface area contributed by atoms with E-state index >= 15 is 0 Å². The number of fused-ring (bicyclic) bond motifs is 1. The number of halogens is 2. The molecule has 3 aromatic rings. The van der Waals surface area contributed by atoms with Gasteiger partial charge in [0.05, 0.1) is 0 Å². The van der Waals surface area contributed by atoms with Gasteiger partial charge in [0, 0.05) is 0 Å². The molecule has 0 heterocycles. The fraction of sp³-hybridized carbons (Fsp3) is 0.438. The molecule has 0 spiro atoms. The molecule has 0 saturated heterocycles. The van der Waals surface area contributed by atoms with Crippen LogP contribution in [-0.2, 0) is 6.61 Å². The quantitative estimate of drug-likeness (QED) is 0.331. The van der Waals surface area contributed by atoms with Crippen LogP contribution in [0.2, 0.25) is 0 Å². The average molecular weight is 475 g/mol. The van der Waals surface area contributed by atoms with Crippen LogP contribution in [0.15, 0.2) is 66.7 Å². The van der Waals surface area contributed by atoms with Gasteiger partial charge in [-0.2, -0.15) is 0 Å². The van der Waals surface area contributed by atoms with E-state index in [1.165, 1.54) is 69.1 Å². The lowest BCUT2D eigenvalue weighted by molar-refractivity contribution is 0.114. The van der Waals surface area contributed by atoms with Gasteiger partial charge in [0.2, 0.25) is 0 Å². The summed E-state index contributed by atoms with van der Waals surface area (Å²) >= 11 is 0. The minimum absolute atomic E-state index is 0.130. The van der Waals surface area contributed by atoms with Gasteiger partial charge in [-0.05, 0) is 90.2 Å². The molecule has 2 aliphatic rings. The van der Waals surface area contributed by atoms with Crippen LogP contribution in [0.5, 0.6) is 5.75 Å². The van der Waals surface area contributed by atoms with E-state index in [9.17, 15) is 8.78 Å². The lowest BCUT2D eigenvalue weighted by atomic mass is 9.63. The summed E-state index contributed by atoms with van der Waals surface area (Å²) in [7, 11) is 0. The molecule has 2 fully saturated rings. The molecule has 1 nitrogen and oxygen atoms in total. The molecule has 0 amide bonds. The van der Waals surface area contributed by atoms with Crippen LogP contribution in [0.25, 0.3) is 11.1 Å². The highest BCUT2D eigenvalue weighted by Gasteiger charge is 2.35. The van der Waals surface area contributed by atoms with Crippen LogP contribution >= 0.6 is 0 Å². The molecule has 0 radical (unpaired) electrons. The lowest BCUT2D eigenvalue weighted by Gasteiger charge is -2.42. The van der Waals surface area contributed by atoms with E-state index in [-0.39, 0.29) is 12.4 Å². The fourth-order valence-electron chi connectivity index (χ4n) is 6.50. The molecule has 2 saturated carbocycles. The van der Waals surface area contributed by atoms with Gasteiger partial charge >= 0.3 is 0 Å². The normalized spacial score (nSPS) is 24.1. The Morgan fingerprint density at radius 1 is 0.771 bits per heavy atom. The van der Waals surface area contributed by atoms with Gasteiger partial charge < -0.3 is 4.74 Å². The van der Waals surface area contributed by atoms with Crippen molar-refractivity contribution >= 4 is 0 Å². The second kappa shape index (κ2) is 10.9. The molecule has 5 rings (SSSR count). The highest BCUT2D eigenvalue weighted by molar-refractivity contribution is 5.65. The zero-order valence-electron chi connectivity index (χ0n) is 20.7. The maximum absolute atomic E-state index is 14.7. The minimum atomic E-state index is -0.669. The first-order valence-electron chi connectivity index (χ1n) is 13.4. The van der Waals surface area contributed by atoms with E-state index in [0.717, 1.165) is 28.9 Å². The number of hydrogen-bond donors (Lipinski definition) is 0. The number of rotatable bonds is 7. The maximum atomic E-state index is 14.7. The Labute approximate surface area is 208 Å². The summed E-state index contributed by atoms with van der Waals surface area (Å²) in [5.74, 6) is 1.69. The van der Waals surface area contributed by atoms with Crippen molar-refractivity contribution in [2.75, 3.05) is 0 Å². The molecule has 184 valence electrons. The van der Waals surface area contributed by atoms with E-state index < -0.39 is 11.6 Å². The fourth-order valence-corrected chi connectivity index (χ4v) is 6.50. The Bertz CT molecular complexity index is 1090. The molecule has 3 aromatic carbocycles. The van der Waals surface area contributed by atoms with Crippen molar-refractivity contribution in [3.63, 3.8) is 0 Å². The SMILES string of the molecule is CCCC1CC[C@@H]2C[C@H](c3ccc(-c4cc(F)c(OCc5ccccc5)c(F)c4)cc3)CC[C@@H]2C1. The van der Waals surface area contributed by atoms with E-state index in [1.807, 2.05) is 42.5 Å². The largest absolute Gasteiger partial charge is 0.483 e. The Balaban J connectivity index is 1.23. The van der Waals surface area contributed by atoms with Gasteiger partial charge in [-0.25, -0.2) is 8.78 Å². The number of hydrogen-bond acceptors (Lipinski definition) is 1. The summed E-state index contributed by atoms with van der Waals surface area (Å²) in [6.07, 6.45) is 10.8. The van der Waals surface area contributed by atoms with Crippen molar-refractivity contribution in [1.82, 2.24) is 0 Å². The minimum Gasteiger partial charge on any atom is -0.483 e. The van der Waals surface area contributed by atoms with E-state index in [4.69, 9.17) is 4.74 Å². The molecule has 0 bridgehead atoms. The van der Waals surface area contributed by atoms with Crippen LogP contribution in [0.3, 0.4) is 0 Å². The molecule has 35 heavy (non-hydrogen) atoms. The van der Waals surface area contributed by atoms with Crippen molar-refractivity contribution in [3.05, 3.63) is 89.5 Å². The first-order valence-corrected chi connectivity index (χ1v) is 13.4. The highest BCUT2D eigenvalue weighted by Crippen LogP contribution is 2.48. The van der Waals surface area contributed by atoms with Crippen LogP contribution in [-0.4, -0.2) is 0 Å². The molecule has 2 aliphatic carbocycles. The summed E-state index contributed by atoms with van der Waals surface area (Å²) in [5, 5.41) is 0. The van der Waals surface area contributed by atoms with E-state index in [0.29, 0.717) is 11.5 Å². The van der Waals surface area contributed by atoms with Crippen molar-refractivity contribution in [2.45, 2.75) is 70.8 Å². The van der Waals surface area contributed by atoms with Crippen molar-refractivity contribution in [2.24, 2.45) is 17.8 Å². The third-order valence-corrected chi connectivity index (χ3v) is 8.36. The highest BCUT2D eigenvalue weighted by atomic mass is 19.1. The van der Waals surface area contributed by atoms with Crippen LogP contribution in [0.4, 0.5) is 8.78 Å². The average Bonchev–Trinajstić information content (AvgIpc) is 2.89. The zero-order chi connectivity index (χ0) is 24.2. The van der Waals surface area contributed by atoms with Gasteiger partial charge in [0.15, 0.2) is 17.4 Å². The van der Waals surface area contributed by atoms with E-state index in [1.54, 1.807) is 0 Å². The third kappa shape index (κ3) is 5.60. The lowest BCUT2D eigenvalue weighted by Crippen LogP contribution is -2.30. The van der Waals surface area contributed by atoms with Crippen molar-refractivity contribution in [1.29, 1.82) is 0 Å². The summed E-state index contributed by atoms with van der Waals surface area (Å²) in [5.41, 5.74) is 3.60. The van der Waals surface area contributed by atoms with Gasteiger partial charge in [-0.3, -0.25) is 0 Å². The molecule has 0 aromatic heterocycles. The Hall–Kier alpha value is -2.68. The predicted molar refractivity (Wildman–Crippen MR) is 138 cm³/mol. The van der Waals surface area contributed by atoms with Crippen molar-refractivity contribution in [3.8, 4) is 16.9 Å². The van der Waals surface area contributed by atoms with Crippen LogP contribution in [0.1, 0.15) is 75.3 Å². The standard InChI is InChI=1S/C32H36F2O/c1-2-6-22-9-10-28-18-27(16-15-26(28)17-22)24-11-13-25(14-12-24)29-19-30(33)32(31(34)20-29)35-21-23-7-4-3-5-8-23/h3-5,7-8,11-14,19-20,22,26-28H,2,6,9-10,15-18,21H2,1H3/t22?,26-,27-,28-/m1/s1. The topological polar surface area (TPSA) is 9.23 Å². The van der Waals surface area contributed by atoms with Crippen LogP contribution in [0, 0.1) is 29.4 Å². The molecule has 3 heteroatoms. The summed E-state index contributed by atoms with van der Waals surface area (Å²) in [6.45, 7) is 2.44. The molecule has 4 atom stereocenters. The van der Waals surface area contributed by atoms with Gasteiger partial charge in [-0.1, -0.05) is 80.8 Å². The second-order valence-corrected chi connectivity index (χ2v) is 10.7. The summed E-state index contributed by atoms with van der Waals surface area (Å²) in [6, 6.07) is 20.5. The van der Waals surface area contributed by atoms with Gasteiger partial charge in [0.25, 0.3) is 0 Å². The van der Waals surface area contributed by atoms with Gasteiger partial charge in [-0.15, -0.1) is 0 Å². The van der Waals surface area contributed by atoms with E-state index in [2.05, 4.69) is 19.1 Å². The molecule has 1 unspecified atom stereocenters. The summed E-state index contributed by atoms with van der Waals surface area (Å²) < 4.78 is 34.9. The molecular weight excluding hydrogens is 438 g/mol. The second-order valence-electron chi connectivity index (χ2n) is 10.7. The monoisotopic (exact) mass is 474 g/mol. The smallest absolute Gasteiger partial charge is 0.191 e. The van der Waals surface area contributed by atoms with Gasteiger partial charge in [0.1, 0.15) is 6.61 Å². The van der Waals surface area contributed by atoms with Crippen LogP contribution < -0.4 is 4.74 Å². The molecule has 0 N–H and O–H groups in total. The first-order chi connectivity index (χ1) is 17.1. The Morgan fingerprint density at radius 2 is 1.46 bits per heavy atom. The molecular formula is C32H36F2O. The predicted octanol–water partition coefficient (Wildman–Crippen LogP) is 9.31. The number of benzene rings is 3. The Morgan fingerprint density at radius 3 is 2.17 bits per heavy atom. The van der Waals surface area contributed by atoms with Crippen molar-refractivity contribution < 1.29 is 13.5 Å². The maximum Gasteiger partial charge on any atom is 0.191 e. The number of ether oxygens (including phenoxy) is 1. The Kier molecular flexibility index (Phi) is 7.51. The summed E-state index contributed by atoms with van der Waals surface area (Å²) in [4.78, 5) is 0. The molecule has 0 aliphatic heterocycles. The third-order valence-electron chi connectivity index (χ3n) is 8.36. The first kappa shape index (κ1) is 24.0.